The van der Waals surface area contributed by atoms with Crippen molar-refractivity contribution in [3.63, 3.8) is 0 Å². The zero-order valence-corrected chi connectivity index (χ0v) is 20.7. The van der Waals surface area contributed by atoms with Crippen LogP contribution in [0.25, 0.3) is 0 Å². The number of aliphatic carboxylic acids is 1. The number of carbonyl (C=O) groups excluding carboxylic acids is 1. The molecule has 0 spiro atoms. The van der Waals surface area contributed by atoms with Crippen LogP contribution >= 0.6 is 23.2 Å². The number of hydrogen-bond acceptors (Lipinski definition) is 4. The summed E-state index contributed by atoms with van der Waals surface area (Å²) in [6.45, 7) is 2.96. The second-order valence-electron chi connectivity index (χ2n) is 8.27. The van der Waals surface area contributed by atoms with Crippen LogP contribution in [-0.4, -0.2) is 30.1 Å². The standard InChI is InChI=1S/C27H25Cl2NO5/c1-2-3-12-30(19-6-4-5-18(28)14-19)26(31)17-7-9-20(10-8-17)35-25-16-24-22(15-23(25)29)21(27(32)33)11-13-34-24/h4-10,14-16,21H,2-3,11-13H2,1H3,(H,32,33). The maximum atomic E-state index is 13.3. The average molecular weight is 514 g/mol. The zero-order valence-electron chi connectivity index (χ0n) is 19.2. The molecule has 1 heterocycles. The lowest BCUT2D eigenvalue weighted by atomic mass is 9.93. The number of hydrogen-bond donors (Lipinski definition) is 1. The predicted octanol–water partition coefficient (Wildman–Crippen LogP) is 7.18. The number of carboxylic acids is 1. The Bertz CT molecular complexity index is 1230. The van der Waals surface area contributed by atoms with Crippen LogP contribution in [0.4, 0.5) is 5.69 Å². The highest BCUT2D eigenvalue weighted by Gasteiger charge is 2.29. The smallest absolute Gasteiger partial charge is 0.311 e. The van der Waals surface area contributed by atoms with Crippen LogP contribution in [0.15, 0.2) is 60.7 Å². The Hall–Kier alpha value is -3.22. The van der Waals surface area contributed by atoms with Crippen LogP contribution < -0.4 is 14.4 Å². The van der Waals surface area contributed by atoms with Gasteiger partial charge in [0, 0.05) is 34.4 Å². The molecule has 1 unspecified atom stereocenters. The van der Waals surface area contributed by atoms with Gasteiger partial charge in [-0.3, -0.25) is 9.59 Å². The van der Waals surface area contributed by atoms with Crippen LogP contribution in [0.1, 0.15) is 48.0 Å². The number of carbonyl (C=O) groups is 2. The number of rotatable bonds is 8. The third-order valence-corrected chi connectivity index (χ3v) is 6.36. The summed E-state index contributed by atoms with van der Waals surface area (Å²) in [5, 5.41) is 10.3. The van der Waals surface area contributed by atoms with E-state index in [2.05, 4.69) is 6.92 Å². The van der Waals surface area contributed by atoms with E-state index in [1.54, 1.807) is 53.4 Å². The fourth-order valence-corrected chi connectivity index (χ4v) is 4.38. The summed E-state index contributed by atoms with van der Waals surface area (Å²) >= 11 is 12.5. The maximum absolute atomic E-state index is 13.3. The molecule has 4 rings (SSSR count). The van der Waals surface area contributed by atoms with Crippen LogP contribution in [0, 0.1) is 0 Å². The van der Waals surface area contributed by atoms with Gasteiger partial charge >= 0.3 is 5.97 Å². The first-order chi connectivity index (χ1) is 16.9. The number of halogens is 2. The van der Waals surface area contributed by atoms with Crippen molar-refractivity contribution in [2.45, 2.75) is 32.1 Å². The molecule has 0 aromatic heterocycles. The molecule has 3 aromatic rings. The molecule has 1 amide bonds. The second-order valence-corrected chi connectivity index (χ2v) is 9.11. The van der Waals surface area contributed by atoms with E-state index < -0.39 is 11.9 Å². The predicted molar refractivity (Wildman–Crippen MR) is 136 cm³/mol. The van der Waals surface area contributed by atoms with Gasteiger partial charge in [-0.15, -0.1) is 0 Å². The molecule has 35 heavy (non-hydrogen) atoms. The largest absolute Gasteiger partial charge is 0.493 e. The molecule has 8 heteroatoms. The summed E-state index contributed by atoms with van der Waals surface area (Å²) in [6.07, 6.45) is 2.20. The van der Waals surface area contributed by atoms with E-state index in [4.69, 9.17) is 32.7 Å². The molecule has 0 saturated heterocycles. The van der Waals surface area contributed by atoms with E-state index in [0.29, 0.717) is 53.0 Å². The molecule has 1 N–H and O–H groups in total. The topological polar surface area (TPSA) is 76.1 Å². The van der Waals surface area contributed by atoms with E-state index in [1.807, 2.05) is 12.1 Å². The lowest BCUT2D eigenvalue weighted by Gasteiger charge is -2.24. The Morgan fingerprint density at radius 1 is 1.11 bits per heavy atom. The molecule has 0 fully saturated rings. The van der Waals surface area contributed by atoms with Gasteiger partial charge in [-0.25, -0.2) is 0 Å². The third kappa shape index (κ3) is 5.72. The van der Waals surface area contributed by atoms with Gasteiger partial charge < -0.3 is 19.5 Å². The maximum Gasteiger partial charge on any atom is 0.311 e. The van der Waals surface area contributed by atoms with Gasteiger partial charge in [-0.05, 0) is 61.4 Å². The highest BCUT2D eigenvalue weighted by Crippen LogP contribution is 2.41. The van der Waals surface area contributed by atoms with E-state index >= 15 is 0 Å². The Kier molecular flexibility index (Phi) is 7.83. The van der Waals surface area contributed by atoms with Gasteiger partial charge in [0.25, 0.3) is 5.91 Å². The summed E-state index contributed by atoms with van der Waals surface area (Å²) in [5.74, 6) is -0.429. The van der Waals surface area contributed by atoms with Gasteiger partial charge in [-0.2, -0.15) is 0 Å². The van der Waals surface area contributed by atoms with Gasteiger partial charge in [0.1, 0.15) is 17.2 Å². The van der Waals surface area contributed by atoms with Crippen molar-refractivity contribution in [2.24, 2.45) is 0 Å². The first-order valence-electron chi connectivity index (χ1n) is 11.4. The van der Waals surface area contributed by atoms with Gasteiger partial charge in [-0.1, -0.05) is 42.6 Å². The third-order valence-electron chi connectivity index (χ3n) is 5.83. The van der Waals surface area contributed by atoms with Gasteiger partial charge in [0.15, 0.2) is 0 Å². The quantitative estimate of drug-likeness (QED) is 0.345. The van der Waals surface area contributed by atoms with Crippen LogP contribution in [-0.2, 0) is 4.79 Å². The molecule has 0 bridgehead atoms. The number of carboxylic acid groups (broad SMARTS) is 1. The molecule has 6 nitrogen and oxygen atoms in total. The molecule has 0 aliphatic carbocycles. The van der Waals surface area contributed by atoms with Crippen molar-refractivity contribution in [3.8, 4) is 17.2 Å². The van der Waals surface area contributed by atoms with Crippen LogP contribution in [0.3, 0.4) is 0 Å². The first-order valence-corrected chi connectivity index (χ1v) is 12.2. The number of amides is 1. The Labute approximate surface area is 214 Å². The first kappa shape index (κ1) is 24.9. The molecule has 0 radical (unpaired) electrons. The number of anilines is 1. The van der Waals surface area contributed by atoms with E-state index in [9.17, 15) is 14.7 Å². The normalized spacial score (nSPS) is 14.5. The van der Waals surface area contributed by atoms with E-state index in [0.717, 1.165) is 18.5 Å². The highest BCUT2D eigenvalue weighted by atomic mass is 35.5. The Morgan fingerprint density at radius 3 is 2.57 bits per heavy atom. The molecule has 3 aromatic carbocycles. The van der Waals surface area contributed by atoms with Gasteiger partial charge in [0.05, 0.1) is 17.5 Å². The number of ether oxygens (including phenoxy) is 2. The van der Waals surface area contributed by atoms with Crippen molar-refractivity contribution in [1.29, 1.82) is 0 Å². The number of fused-ring (bicyclic) bond motifs is 1. The van der Waals surface area contributed by atoms with Crippen LogP contribution in [0.5, 0.6) is 17.2 Å². The van der Waals surface area contributed by atoms with Crippen molar-refractivity contribution in [3.05, 3.63) is 81.8 Å². The summed E-state index contributed by atoms with van der Waals surface area (Å²) in [6, 6.07) is 17.2. The minimum atomic E-state index is -0.912. The lowest BCUT2D eigenvalue weighted by molar-refractivity contribution is -0.139. The summed E-state index contributed by atoms with van der Waals surface area (Å²) in [4.78, 5) is 26.5. The monoisotopic (exact) mass is 513 g/mol. The van der Waals surface area contributed by atoms with Gasteiger partial charge in [0.2, 0.25) is 0 Å². The molecule has 1 atom stereocenters. The number of nitrogens with zero attached hydrogens (tertiary/aromatic N) is 1. The van der Waals surface area contributed by atoms with Crippen molar-refractivity contribution in [2.75, 3.05) is 18.1 Å². The van der Waals surface area contributed by atoms with Crippen molar-refractivity contribution in [1.82, 2.24) is 0 Å². The van der Waals surface area contributed by atoms with E-state index in [1.165, 1.54) is 0 Å². The Balaban J connectivity index is 1.54. The van der Waals surface area contributed by atoms with Crippen molar-refractivity contribution >= 4 is 40.8 Å². The molecule has 0 saturated carbocycles. The number of benzene rings is 3. The molecule has 1 aliphatic heterocycles. The summed E-state index contributed by atoms with van der Waals surface area (Å²) in [7, 11) is 0. The average Bonchev–Trinajstić information content (AvgIpc) is 2.84. The molecule has 182 valence electrons. The molecular weight excluding hydrogens is 489 g/mol. The molecular formula is C27H25Cl2NO5. The SMILES string of the molecule is CCCCN(C(=O)c1ccc(Oc2cc3c(cc2Cl)C(C(=O)O)CCO3)cc1)c1cccc(Cl)c1. The fourth-order valence-electron chi connectivity index (χ4n) is 3.98. The fraction of sp³-hybridized carbons (Fsp3) is 0.259. The Morgan fingerprint density at radius 2 is 1.89 bits per heavy atom. The minimum Gasteiger partial charge on any atom is -0.493 e. The summed E-state index contributed by atoms with van der Waals surface area (Å²) < 4.78 is 11.6. The van der Waals surface area contributed by atoms with Crippen LogP contribution in [0.2, 0.25) is 10.0 Å². The minimum absolute atomic E-state index is 0.132. The zero-order chi connectivity index (χ0) is 24.9. The number of unbranched alkanes of at least 4 members (excludes halogenated alkanes) is 1. The summed E-state index contributed by atoms with van der Waals surface area (Å²) in [5.41, 5.74) is 1.80. The van der Waals surface area contributed by atoms with E-state index in [-0.39, 0.29) is 10.9 Å². The second kappa shape index (κ2) is 11.0. The molecule has 1 aliphatic rings. The highest BCUT2D eigenvalue weighted by molar-refractivity contribution is 6.32. The lowest BCUT2D eigenvalue weighted by Crippen LogP contribution is -2.31. The van der Waals surface area contributed by atoms with Crippen molar-refractivity contribution < 1.29 is 24.2 Å².